The second kappa shape index (κ2) is 8.47. The Morgan fingerprint density at radius 1 is 1.21 bits per heavy atom. The first kappa shape index (κ1) is 22.2. The van der Waals surface area contributed by atoms with Crippen LogP contribution in [0.2, 0.25) is 0 Å². The number of hydrogen-bond donors (Lipinski definition) is 2. The number of fused-ring (bicyclic) bond motifs is 1. The fourth-order valence-electron chi connectivity index (χ4n) is 3.61. The highest BCUT2D eigenvalue weighted by Gasteiger charge is 2.42. The third kappa shape index (κ3) is 3.74. The van der Waals surface area contributed by atoms with Crippen molar-refractivity contribution in [3.63, 3.8) is 0 Å². The summed E-state index contributed by atoms with van der Waals surface area (Å²) >= 11 is 0. The Bertz CT molecular complexity index is 1340. The van der Waals surface area contributed by atoms with Gasteiger partial charge < -0.3 is 20.3 Å². The van der Waals surface area contributed by atoms with Gasteiger partial charge in [0.15, 0.2) is 17.3 Å². The molecule has 0 aliphatic rings. The van der Waals surface area contributed by atoms with Gasteiger partial charge in [-0.1, -0.05) is 30.3 Å². The highest BCUT2D eigenvalue weighted by atomic mass is 16.5. The highest BCUT2D eigenvalue weighted by Crippen LogP contribution is 2.31. The average Bonchev–Trinajstić information content (AvgIpc) is 3.49. The SMILES string of the molecule is CCN(C)C(=O)[C@@](O)(CC)c1cc(-c2ccnc(-n3nc(C(N)=O)c4ccccc43)c2)no1. The summed E-state index contributed by atoms with van der Waals surface area (Å²) in [6.07, 6.45) is 1.70. The number of benzene rings is 1. The van der Waals surface area contributed by atoms with Crippen LogP contribution in [-0.4, -0.2) is 55.3 Å². The summed E-state index contributed by atoms with van der Waals surface area (Å²) in [6.45, 7) is 3.97. The number of pyridine rings is 1. The first-order chi connectivity index (χ1) is 15.8. The van der Waals surface area contributed by atoms with Gasteiger partial charge in [0.1, 0.15) is 5.69 Å². The normalized spacial score (nSPS) is 13.1. The van der Waals surface area contributed by atoms with Crippen LogP contribution in [0.25, 0.3) is 28.0 Å². The number of likely N-dealkylation sites (N-methyl/N-ethyl adjacent to an activating group) is 1. The van der Waals surface area contributed by atoms with Crippen LogP contribution in [0.15, 0.2) is 53.2 Å². The van der Waals surface area contributed by atoms with E-state index in [-0.39, 0.29) is 17.9 Å². The van der Waals surface area contributed by atoms with Crippen LogP contribution in [0, 0.1) is 0 Å². The third-order valence-corrected chi connectivity index (χ3v) is 5.68. The zero-order valence-electron chi connectivity index (χ0n) is 18.5. The molecule has 3 aromatic heterocycles. The van der Waals surface area contributed by atoms with Crippen LogP contribution in [-0.2, 0) is 10.4 Å². The minimum Gasteiger partial charge on any atom is -0.373 e. The van der Waals surface area contributed by atoms with E-state index in [9.17, 15) is 14.7 Å². The lowest BCUT2D eigenvalue weighted by Crippen LogP contribution is -2.44. The van der Waals surface area contributed by atoms with E-state index < -0.39 is 17.4 Å². The predicted octanol–water partition coefficient (Wildman–Crippen LogP) is 2.25. The fraction of sp³-hybridized carbons (Fsp3) is 0.261. The Balaban J connectivity index is 1.75. The van der Waals surface area contributed by atoms with Gasteiger partial charge in [-0.05, 0) is 31.5 Å². The minimum absolute atomic E-state index is 0.0595. The molecule has 0 saturated heterocycles. The molecule has 0 radical (unpaired) electrons. The van der Waals surface area contributed by atoms with Crippen molar-refractivity contribution >= 4 is 22.7 Å². The fourth-order valence-corrected chi connectivity index (χ4v) is 3.61. The molecule has 0 unspecified atom stereocenters. The van der Waals surface area contributed by atoms with Crippen molar-refractivity contribution in [3.8, 4) is 17.1 Å². The summed E-state index contributed by atoms with van der Waals surface area (Å²) in [5.41, 5.74) is 5.54. The summed E-state index contributed by atoms with van der Waals surface area (Å²) < 4.78 is 6.92. The molecule has 4 aromatic rings. The maximum absolute atomic E-state index is 12.7. The Kier molecular flexibility index (Phi) is 5.69. The molecule has 1 atom stereocenters. The smallest absolute Gasteiger partial charge is 0.269 e. The number of aromatic nitrogens is 4. The summed E-state index contributed by atoms with van der Waals surface area (Å²) in [7, 11) is 1.62. The molecule has 2 amide bonds. The first-order valence-corrected chi connectivity index (χ1v) is 10.5. The summed E-state index contributed by atoms with van der Waals surface area (Å²) in [4.78, 5) is 30.4. The Labute approximate surface area is 189 Å². The number of amides is 2. The van der Waals surface area contributed by atoms with Crippen LogP contribution < -0.4 is 5.73 Å². The van der Waals surface area contributed by atoms with Crippen molar-refractivity contribution < 1.29 is 19.2 Å². The quantitative estimate of drug-likeness (QED) is 0.442. The van der Waals surface area contributed by atoms with Gasteiger partial charge in [0.05, 0.1) is 5.52 Å². The number of carbonyl (C=O) groups is 2. The van der Waals surface area contributed by atoms with Gasteiger partial charge in [-0.2, -0.15) is 5.10 Å². The number of rotatable bonds is 7. The van der Waals surface area contributed by atoms with E-state index >= 15 is 0 Å². The minimum atomic E-state index is -1.82. The molecule has 33 heavy (non-hydrogen) atoms. The predicted molar refractivity (Wildman–Crippen MR) is 120 cm³/mol. The maximum atomic E-state index is 12.7. The first-order valence-electron chi connectivity index (χ1n) is 10.5. The number of aliphatic hydroxyl groups is 1. The number of nitrogens with two attached hydrogens (primary N) is 1. The van der Waals surface area contributed by atoms with E-state index in [4.69, 9.17) is 10.3 Å². The molecule has 170 valence electrons. The maximum Gasteiger partial charge on any atom is 0.269 e. The molecule has 4 rings (SSSR count). The topological polar surface area (TPSA) is 140 Å². The van der Waals surface area contributed by atoms with Gasteiger partial charge in [0, 0.05) is 36.8 Å². The van der Waals surface area contributed by atoms with E-state index in [1.807, 2.05) is 19.1 Å². The van der Waals surface area contributed by atoms with Crippen LogP contribution in [0.4, 0.5) is 0 Å². The van der Waals surface area contributed by atoms with E-state index in [1.165, 1.54) is 9.58 Å². The lowest BCUT2D eigenvalue weighted by molar-refractivity contribution is -0.153. The molecular formula is C23H24N6O4. The molecule has 0 saturated carbocycles. The zero-order chi connectivity index (χ0) is 23.8. The summed E-state index contributed by atoms with van der Waals surface area (Å²) in [6, 6.07) is 12.2. The standard InChI is InChI=1S/C23H24N6O4/c1-4-23(32,22(31)28(3)5-2)18-13-16(27-33-18)14-10-11-25-19(12-14)29-17-9-7-6-8-15(17)20(26-29)21(24)30/h6-13,32H,4-5H2,1-3H3,(H2,24,30)/t23-/m1/s1. The number of nitrogens with zero attached hydrogens (tertiary/aromatic N) is 5. The zero-order valence-corrected chi connectivity index (χ0v) is 18.5. The van der Waals surface area contributed by atoms with Crippen LogP contribution in [0.1, 0.15) is 36.5 Å². The number of carbonyl (C=O) groups excluding carboxylic acids is 2. The molecule has 3 heterocycles. The van der Waals surface area contributed by atoms with Gasteiger partial charge in [-0.25, -0.2) is 9.67 Å². The molecule has 0 aliphatic heterocycles. The molecule has 10 heteroatoms. The number of hydrogen-bond acceptors (Lipinski definition) is 7. The Morgan fingerprint density at radius 2 is 1.97 bits per heavy atom. The second-order valence-electron chi connectivity index (χ2n) is 7.65. The molecule has 10 nitrogen and oxygen atoms in total. The Hall–Kier alpha value is -4.05. The largest absolute Gasteiger partial charge is 0.373 e. The molecule has 0 spiro atoms. The van der Waals surface area contributed by atoms with Crippen molar-refractivity contribution in [2.75, 3.05) is 13.6 Å². The summed E-state index contributed by atoms with van der Waals surface area (Å²) in [5.74, 6) is -0.604. The second-order valence-corrected chi connectivity index (χ2v) is 7.65. The van der Waals surface area contributed by atoms with E-state index in [0.717, 1.165) is 0 Å². The highest BCUT2D eigenvalue weighted by molar-refractivity contribution is 6.04. The van der Waals surface area contributed by atoms with E-state index in [0.29, 0.717) is 34.5 Å². The van der Waals surface area contributed by atoms with Crippen molar-refractivity contribution in [3.05, 3.63) is 60.1 Å². The monoisotopic (exact) mass is 448 g/mol. The van der Waals surface area contributed by atoms with Gasteiger partial charge in [0.25, 0.3) is 11.8 Å². The van der Waals surface area contributed by atoms with Gasteiger partial charge in [0.2, 0.25) is 5.60 Å². The average molecular weight is 448 g/mol. The number of primary amides is 1. The summed E-state index contributed by atoms with van der Waals surface area (Å²) in [5, 5.41) is 20.1. The lowest BCUT2D eigenvalue weighted by atomic mass is 9.95. The molecule has 1 aromatic carbocycles. The van der Waals surface area contributed by atoms with Crippen LogP contribution in [0.5, 0.6) is 0 Å². The van der Waals surface area contributed by atoms with Crippen LogP contribution in [0.3, 0.4) is 0 Å². The Morgan fingerprint density at radius 3 is 2.67 bits per heavy atom. The lowest BCUT2D eigenvalue weighted by Gasteiger charge is -2.27. The van der Waals surface area contributed by atoms with Crippen molar-refractivity contribution in [2.24, 2.45) is 5.73 Å². The molecule has 0 bridgehead atoms. The molecule has 0 fully saturated rings. The number of para-hydroxylation sites is 1. The van der Waals surface area contributed by atoms with Crippen molar-refractivity contribution in [1.82, 2.24) is 24.8 Å². The van der Waals surface area contributed by atoms with Gasteiger partial charge in [-0.15, -0.1) is 0 Å². The molecule has 0 aliphatic carbocycles. The van der Waals surface area contributed by atoms with Crippen LogP contribution >= 0.6 is 0 Å². The third-order valence-electron chi connectivity index (χ3n) is 5.68. The van der Waals surface area contributed by atoms with Crippen molar-refractivity contribution in [2.45, 2.75) is 25.9 Å². The van der Waals surface area contributed by atoms with Gasteiger partial charge >= 0.3 is 0 Å². The van der Waals surface area contributed by atoms with E-state index in [2.05, 4.69) is 15.2 Å². The molecular weight excluding hydrogens is 424 g/mol. The van der Waals surface area contributed by atoms with Gasteiger partial charge in [-0.3, -0.25) is 9.59 Å². The van der Waals surface area contributed by atoms with E-state index in [1.54, 1.807) is 50.5 Å². The molecule has 3 N–H and O–H groups in total. The van der Waals surface area contributed by atoms with Crippen molar-refractivity contribution in [1.29, 1.82) is 0 Å².